The van der Waals surface area contributed by atoms with E-state index >= 15 is 0 Å². The lowest BCUT2D eigenvalue weighted by Gasteiger charge is -2.35. The molecule has 0 unspecified atom stereocenters. The summed E-state index contributed by atoms with van der Waals surface area (Å²) in [6.45, 7) is 14.9. The predicted molar refractivity (Wildman–Crippen MR) is 268 cm³/mol. The van der Waals surface area contributed by atoms with Crippen LogP contribution in [0, 0.1) is 31.3 Å². The highest BCUT2D eigenvalue weighted by Gasteiger charge is 2.27. The number of hydroxylamine groups is 1. The molecule has 1 N–H and O–H groups in total. The predicted octanol–water partition coefficient (Wildman–Crippen LogP) is 4.00. The fraction of sp³-hybridized carbons (Fsp3) is 0.529. The van der Waals surface area contributed by atoms with Crippen molar-refractivity contribution in [3.8, 4) is 5.95 Å². The number of likely N-dealkylation sites (N-methyl/N-ethyl adjacent to an activating group) is 2. The number of benzene rings is 3. The number of aryl methyl sites for hydroxylation is 2. The highest BCUT2D eigenvalue weighted by Crippen LogP contribution is 2.25. The quantitative estimate of drug-likeness (QED) is 0.0562. The van der Waals surface area contributed by atoms with Gasteiger partial charge in [0.1, 0.15) is 11.6 Å². The van der Waals surface area contributed by atoms with Crippen molar-refractivity contribution in [3.05, 3.63) is 100 Å². The van der Waals surface area contributed by atoms with Crippen molar-refractivity contribution >= 4 is 34.7 Å². The van der Waals surface area contributed by atoms with Crippen LogP contribution in [-0.2, 0) is 39.7 Å². The summed E-state index contributed by atoms with van der Waals surface area (Å²) in [6.07, 6.45) is -0.0102. The van der Waals surface area contributed by atoms with Crippen LogP contribution in [0.1, 0.15) is 39.3 Å². The third-order valence-corrected chi connectivity index (χ3v) is 12.6. The highest BCUT2D eigenvalue weighted by atomic mass is 19.2. The van der Waals surface area contributed by atoms with Crippen LogP contribution < -0.4 is 15.3 Å². The van der Waals surface area contributed by atoms with E-state index in [0.717, 1.165) is 55.2 Å². The van der Waals surface area contributed by atoms with Crippen molar-refractivity contribution in [2.24, 2.45) is 0 Å². The molecule has 396 valence electrons. The number of halogens is 3. The monoisotopic (exact) mass is 1020 g/mol. The number of nitrogens with one attached hydrogen (secondary N) is 1. The van der Waals surface area contributed by atoms with Gasteiger partial charge in [-0.2, -0.15) is 15.0 Å². The number of ether oxygens (including phenoxy) is 5. The van der Waals surface area contributed by atoms with Gasteiger partial charge >= 0.3 is 0 Å². The van der Waals surface area contributed by atoms with Crippen molar-refractivity contribution in [2.75, 3.05) is 162 Å². The number of hydrogen-bond acceptors (Lipinski definition) is 16. The Kier molecular flexibility index (Phi) is 21.1. The van der Waals surface area contributed by atoms with Crippen LogP contribution in [0.15, 0.2) is 54.6 Å². The molecule has 22 heteroatoms. The third kappa shape index (κ3) is 16.1. The van der Waals surface area contributed by atoms with E-state index in [0.29, 0.717) is 129 Å². The van der Waals surface area contributed by atoms with E-state index < -0.39 is 23.4 Å². The molecular weight excluding hydrogens is 952 g/mol. The van der Waals surface area contributed by atoms with Gasteiger partial charge in [0, 0.05) is 83.0 Å². The van der Waals surface area contributed by atoms with Crippen LogP contribution in [0.5, 0.6) is 0 Å². The molecule has 0 radical (unpaired) electrons. The fourth-order valence-corrected chi connectivity index (χ4v) is 8.25. The van der Waals surface area contributed by atoms with Crippen molar-refractivity contribution in [3.63, 3.8) is 0 Å². The van der Waals surface area contributed by atoms with Crippen molar-refractivity contribution in [2.45, 2.75) is 26.7 Å². The molecule has 0 bridgehead atoms. The van der Waals surface area contributed by atoms with Gasteiger partial charge in [-0.05, 0) is 69.4 Å². The summed E-state index contributed by atoms with van der Waals surface area (Å²) in [4.78, 5) is 61.0. The largest absolute Gasteiger partial charge is 0.379 e. The van der Waals surface area contributed by atoms with Crippen LogP contribution in [-0.4, -0.2) is 203 Å². The average Bonchev–Trinajstić information content (AvgIpc) is 3.74. The number of aromatic nitrogens is 5. The number of nitrogens with zero attached hydrogens (tertiary/aromatic N) is 10. The number of morpholine rings is 1. The molecule has 19 nitrogen and oxygen atoms in total. The van der Waals surface area contributed by atoms with Gasteiger partial charge in [-0.1, -0.05) is 24.3 Å². The first-order valence-electron chi connectivity index (χ1n) is 24.8. The summed E-state index contributed by atoms with van der Waals surface area (Å²) < 4.78 is 73.5. The molecule has 0 atom stereocenters. The number of fused-ring (bicyclic) bond motifs is 1. The second kappa shape index (κ2) is 28.0. The van der Waals surface area contributed by atoms with Crippen LogP contribution in [0.4, 0.5) is 25.1 Å². The Balaban J connectivity index is 0.681. The maximum absolute atomic E-state index is 14.7. The number of anilines is 2. The molecule has 2 aliphatic rings. The number of imidazole rings is 1. The van der Waals surface area contributed by atoms with E-state index in [1.54, 1.807) is 13.0 Å². The number of piperazine rings is 1. The first-order valence-corrected chi connectivity index (χ1v) is 24.8. The number of para-hydroxylation sites is 2. The molecule has 5 aromatic rings. The third-order valence-electron chi connectivity index (χ3n) is 12.6. The molecule has 0 spiro atoms. The highest BCUT2D eigenvalue weighted by molar-refractivity contribution is 5.95. The summed E-state index contributed by atoms with van der Waals surface area (Å²) in [5.74, 6) is -1.17. The van der Waals surface area contributed by atoms with Gasteiger partial charge in [0.15, 0.2) is 11.6 Å². The standard InChI is InChI=1S/C51H68F3N11O8/c1-37-9-10-39(43(53)35-37)36-41-40(11-12-42(52)47(41)54)48(67)59-73-34-33-72-32-31-71-26-21-61(4)15-14-60(3)20-25-70-30-29-68-24-13-46(66)62-16-18-63(19-17-62)49-56-50(64-22-27-69-28-23-64)58-51(57-49)65-38(2)55-44-7-5-6-8-45(44)65/h5-12,35H,13-34,36H2,1-4H3,(H,59,67). The lowest BCUT2D eigenvalue weighted by Crippen LogP contribution is -2.49. The van der Waals surface area contributed by atoms with Crippen LogP contribution in [0.25, 0.3) is 17.0 Å². The molecule has 2 fully saturated rings. The number of amides is 2. The molecule has 2 saturated heterocycles. The van der Waals surface area contributed by atoms with E-state index in [1.807, 2.05) is 54.8 Å². The zero-order valence-corrected chi connectivity index (χ0v) is 42.3. The Morgan fingerprint density at radius 2 is 1.26 bits per heavy atom. The molecule has 4 heterocycles. The summed E-state index contributed by atoms with van der Waals surface area (Å²) in [5, 5.41) is 0. The minimum atomic E-state index is -1.22. The smallest absolute Gasteiger partial charge is 0.275 e. The summed E-state index contributed by atoms with van der Waals surface area (Å²) in [7, 11) is 4.08. The molecular formula is C51H68F3N11O8. The summed E-state index contributed by atoms with van der Waals surface area (Å²) >= 11 is 0. The average molecular weight is 1020 g/mol. The zero-order valence-electron chi connectivity index (χ0n) is 42.3. The Morgan fingerprint density at radius 3 is 1.93 bits per heavy atom. The molecule has 3 aromatic carbocycles. The Morgan fingerprint density at radius 1 is 0.658 bits per heavy atom. The van der Waals surface area contributed by atoms with Crippen LogP contribution >= 0.6 is 0 Å². The van der Waals surface area contributed by atoms with E-state index in [4.69, 9.17) is 48.5 Å². The number of hydrogen-bond donors (Lipinski definition) is 1. The maximum atomic E-state index is 14.7. The first-order chi connectivity index (χ1) is 35.4. The van der Waals surface area contributed by atoms with E-state index in [9.17, 15) is 22.8 Å². The lowest BCUT2D eigenvalue weighted by atomic mass is 9.97. The van der Waals surface area contributed by atoms with Gasteiger partial charge in [0.2, 0.25) is 23.8 Å². The molecule has 2 amide bonds. The summed E-state index contributed by atoms with van der Waals surface area (Å²) in [6, 6.07) is 14.4. The SMILES string of the molecule is Cc1ccc(Cc2c(C(=O)NOCCOCCOCCN(C)CCN(C)CCOCCOCCC(=O)N3CCN(c4nc(N5CCOCC5)nc(-n5c(C)nc6ccccc65)n4)CC3)ccc(F)c2F)c(F)c1. The molecule has 2 aliphatic heterocycles. The topological polar surface area (TPSA) is 174 Å². The van der Waals surface area contributed by atoms with E-state index in [2.05, 4.69) is 25.1 Å². The lowest BCUT2D eigenvalue weighted by molar-refractivity contribution is -0.132. The molecule has 73 heavy (non-hydrogen) atoms. The fourth-order valence-electron chi connectivity index (χ4n) is 8.25. The first kappa shape index (κ1) is 54.9. The van der Waals surface area contributed by atoms with Gasteiger partial charge in [0.25, 0.3) is 5.91 Å². The summed E-state index contributed by atoms with van der Waals surface area (Å²) in [5.41, 5.74) is 4.40. The maximum Gasteiger partial charge on any atom is 0.275 e. The van der Waals surface area contributed by atoms with Gasteiger partial charge in [-0.3, -0.25) is 19.0 Å². The van der Waals surface area contributed by atoms with Gasteiger partial charge in [-0.15, -0.1) is 0 Å². The van der Waals surface area contributed by atoms with Crippen LogP contribution in [0.3, 0.4) is 0 Å². The molecule has 0 saturated carbocycles. The Bertz CT molecular complexity index is 2560. The number of carbonyl (C=O) groups excluding carboxylic acids is 2. The van der Waals surface area contributed by atoms with Crippen molar-refractivity contribution in [1.29, 1.82) is 0 Å². The van der Waals surface area contributed by atoms with Gasteiger partial charge < -0.3 is 48.2 Å². The second-order valence-corrected chi connectivity index (χ2v) is 17.9. The number of rotatable bonds is 28. The van der Waals surface area contributed by atoms with E-state index in [1.165, 1.54) is 12.1 Å². The van der Waals surface area contributed by atoms with Crippen LogP contribution in [0.2, 0.25) is 0 Å². The minimum absolute atomic E-state index is 0.00627. The molecule has 2 aromatic heterocycles. The van der Waals surface area contributed by atoms with E-state index in [-0.39, 0.29) is 42.2 Å². The second-order valence-electron chi connectivity index (χ2n) is 17.9. The van der Waals surface area contributed by atoms with Crippen molar-refractivity contribution in [1.82, 2.24) is 44.7 Å². The van der Waals surface area contributed by atoms with Crippen molar-refractivity contribution < 1.29 is 51.3 Å². The van der Waals surface area contributed by atoms with Gasteiger partial charge in [0.05, 0.1) is 90.1 Å². The van der Waals surface area contributed by atoms with Gasteiger partial charge in [-0.25, -0.2) is 23.6 Å². The molecule has 7 rings (SSSR count). The number of carbonyl (C=O) groups is 2. The Hall–Kier alpha value is -5.85. The zero-order chi connectivity index (χ0) is 51.5. The normalized spacial score (nSPS) is 14.3. The molecule has 0 aliphatic carbocycles. The Labute approximate surface area is 424 Å². The minimum Gasteiger partial charge on any atom is -0.379 e.